The van der Waals surface area contributed by atoms with Gasteiger partial charge in [-0.3, -0.25) is 10.2 Å². The lowest BCUT2D eigenvalue weighted by molar-refractivity contribution is -0.0142. The quantitative estimate of drug-likeness (QED) is 0.755. The molecule has 2 fully saturated rings. The van der Waals surface area contributed by atoms with Gasteiger partial charge in [0.1, 0.15) is 12.5 Å². The average molecular weight is 264 g/mol. The van der Waals surface area contributed by atoms with Gasteiger partial charge in [0.2, 0.25) is 0 Å². The standard InChI is InChI=1S/C15H28N4/c1-5-11-18(4)15-16-14(6-2)17-19(15)13-10-8-7-9-12(13)3/h2,12-17H,5,7-11H2,1,3-4H3. The molecule has 0 aromatic rings. The van der Waals surface area contributed by atoms with Crippen molar-refractivity contribution in [2.75, 3.05) is 13.6 Å². The van der Waals surface area contributed by atoms with E-state index in [9.17, 15) is 0 Å². The summed E-state index contributed by atoms with van der Waals surface area (Å²) in [4.78, 5) is 2.35. The smallest absolute Gasteiger partial charge is 0.136 e. The fraction of sp³-hybridized carbons (Fsp3) is 0.867. The lowest BCUT2D eigenvalue weighted by atomic mass is 9.85. The molecule has 0 bridgehead atoms. The summed E-state index contributed by atoms with van der Waals surface area (Å²) in [5, 5.41) is 5.88. The van der Waals surface area contributed by atoms with Gasteiger partial charge in [-0.2, -0.15) is 0 Å². The van der Waals surface area contributed by atoms with Gasteiger partial charge in [0.25, 0.3) is 0 Å². The molecule has 2 rings (SSSR count). The minimum atomic E-state index is -0.0431. The molecule has 1 aliphatic carbocycles. The largest absolute Gasteiger partial charge is 0.278 e. The molecule has 1 saturated carbocycles. The van der Waals surface area contributed by atoms with Crippen molar-refractivity contribution < 1.29 is 0 Å². The summed E-state index contributed by atoms with van der Waals surface area (Å²) < 4.78 is 0. The molecule has 0 amide bonds. The number of nitrogens with one attached hydrogen (secondary N) is 2. The van der Waals surface area contributed by atoms with E-state index in [-0.39, 0.29) is 12.5 Å². The van der Waals surface area contributed by atoms with Crippen molar-refractivity contribution in [2.24, 2.45) is 5.92 Å². The van der Waals surface area contributed by atoms with Crippen LogP contribution in [0.15, 0.2) is 0 Å². The highest BCUT2D eigenvalue weighted by Crippen LogP contribution is 2.29. The number of nitrogens with zero attached hydrogens (tertiary/aromatic N) is 2. The Bertz CT molecular complexity index is 325. The van der Waals surface area contributed by atoms with E-state index in [2.05, 4.69) is 47.5 Å². The van der Waals surface area contributed by atoms with Gasteiger partial charge >= 0.3 is 0 Å². The average Bonchev–Trinajstić information content (AvgIpc) is 2.83. The van der Waals surface area contributed by atoms with E-state index < -0.39 is 0 Å². The van der Waals surface area contributed by atoms with Crippen LogP contribution in [0.4, 0.5) is 0 Å². The van der Waals surface area contributed by atoms with Gasteiger partial charge in [-0.1, -0.05) is 32.6 Å². The molecule has 1 saturated heterocycles. The Morgan fingerprint density at radius 3 is 2.74 bits per heavy atom. The molecular formula is C15H28N4. The fourth-order valence-corrected chi connectivity index (χ4v) is 3.37. The minimum Gasteiger partial charge on any atom is -0.278 e. The second kappa shape index (κ2) is 6.71. The highest BCUT2D eigenvalue weighted by Gasteiger charge is 2.39. The molecule has 0 aromatic heterocycles. The predicted octanol–water partition coefficient (Wildman–Crippen LogP) is 1.56. The lowest BCUT2D eigenvalue weighted by Gasteiger charge is -2.41. The van der Waals surface area contributed by atoms with Crippen molar-refractivity contribution in [3.63, 3.8) is 0 Å². The minimum absolute atomic E-state index is 0.0431. The summed E-state index contributed by atoms with van der Waals surface area (Å²) >= 11 is 0. The molecule has 0 radical (unpaired) electrons. The van der Waals surface area contributed by atoms with Gasteiger partial charge in [0.15, 0.2) is 0 Å². The third-order valence-corrected chi connectivity index (χ3v) is 4.44. The number of rotatable bonds is 4. The summed E-state index contributed by atoms with van der Waals surface area (Å²) in [6, 6.07) is 0.587. The molecule has 4 heteroatoms. The first-order chi connectivity index (χ1) is 9.17. The number of terminal acetylenes is 1. The third-order valence-electron chi connectivity index (χ3n) is 4.44. The Labute approximate surface area is 117 Å². The van der Waals surface area contributed by atoms with Gasteiger partial charge in [0, 0.05) is 12.6 Å². The zero-order valence-electron chi connectivity index (χ0n) is 12.5. The van der Waals surface area contributed by atoms with Crippen molar-refractivity contribution in [3.8, 4) is 12.3 Å². The second-order valence-electron chi connectivity index (χ2n) is 5.99. The van der Waals surface area contributed by atoms with Crippen molar-refractivity contribution in [2.45, 2.75) is 64.4 Å². The SMILES string of the molecule is C#CC1NC(N(C)CCC)N(C2CCCCC2C)N1. The molecule has 4 atom stereocenters. The number of hydrazine groups is 1. The first kappa shape index (κ1) is 14.8. The van der Waals surface area contributed by atoms with Gasteiger partial charge in [-0.15, -0.1) is 6.42 Å². The van der Waals surface area contributed by atoms with E-state index in [1.807, 2.05) is 0 Å². The molecule has 0 aromatic carbocycles. The van der Waals surface area contributed by atoms with Crippen LogP contribution < -0.4 is 10.7 Å². The summed E-state index contributed by atoms with van der Waals surface area (Å²) in [5.41, 5.74) is 3.47. The summed E-state index contributed by atoms with van der Waals surface area (Å²) in [6.45, 7) is 5.66. The Morgan fingerprint density at radius 2 is 2.11 bits per heavy atom. The van der Waals surface area contributed by atoms with Crippen LogP contribution in [-0.4, -0.2) is 42.0 Å². The van der Waals surface area contributed by atoms with Crippen molar-refractivity contribution >= 4 is 0 Å². The highest BCUT2D eigenvalue weighted by atomic mass is 15.7. The normalized spacial score (nSPS) is 36.6. The lowest BCUT2D eigenvalue weighted by Crippen LogP contribution is -2.56. The van der Waals surface area contributed by atoms with Crippen LogP contribution >= 0.6 is 0 Å². The fourth-order valence-electron chi connectivity index (χ4n) is 3.37. The molecule has 2 N–H and O–H groups in total. The van der Waals surface area contributed by atoms with E-state index in [0.717, 1.165) is 18.9 Å². The number of hydrogen-bond acceptors (Lipinski definition) is 4. The van der Waals surface area contributed by atoms with E-state index in [0.29, 0.717) is 6.04 Å². The molecule has 108 valence electrons. The van der Waals surface area contributed by atoms with E-state index in [1.54, 1.807) is 0 Å². The zero-order valence-corrected chi connectivity index (χ0v) is 12.5. The van der Waals surface area contributed by atoms with Gasteiger partial charge in [0.05, 0.1) is 0 Å². The highest BCUT2D eigenvalue weighted by molar-refractivity contribution is 5.02. The maximum absolute atomic E-state index is 5.58. The molecule has 4 nitrogen and oxygen atoms in total. The van der Waals surface area contributed by atoms with Gasteiger partial charge < -0.3 is 0 Å². The summed E-state index contributed by atoms with van der Waals surface area (Å²) in [5.74, 6) is 3.52. The summed E-state index contributed by atoms with van der Waals surface area (Å²) in [6.07, 6.45) is 12.2. The zero-order chi connectivity index (χ0) is 13.8. The predicted molar refractivity (Wildman–Crippen MR) is 78.9 cm³/mol. The topological polar surface area (TPSA) is 30.5 Å². The van der Waals surface area contributed by atoms with Crippen LogP contribution in [-0.2, 0) is 0 Å². The van der Waals surface area contributed by atoms with Crippen LogP contribution in [0.5, 0.6) is 0 Å². The van der Waals surface area contributed by atoms with Gasteiger partial charge in [-0.05, 0) is 32.2 Å². The van der Waals surface area contributed by atoms with Crippen LogP contribution in [0.25, 0.3) is 0 Å². The molecule has 19 heavy (non-hydrogen) atoms. The first-order valence-electron chi connectivity index (χ1n) is 7.64. The maximum atomic E-state index is 5.58. The van der Waals surface area contributed by atoms with Crippen LogP contribution in [0.2, 0.25) is 0 Å². The van der Waals surface area contributed by atoms with Crippen LogP contribution in [0.3, 0.4) is 0 Å². The monoisotopic (exact) mass is 264 g/mol. The van der Waals surface area contributed by atoms with Crippen molar-refractivity contribution in [1.29, 1.82) is 0 Å². The molecule has 2 aliphatic rings. The summed E-state index contributed by atoms with van der Waals surface area (Å²) in [7, 11) is 2.17. The first-order valence-corrected chi connectivity index (χ1v) is 7.64. The Hall–Kier alpha value is -0.600. The molecule has 1 aliphatic heterocycles. The number of hydrogen-bond donors (Lipinski definition) is 2. The molecule has 1 heterocycles. The van der Waals surface area contributed by atoms with E-state index in [4.69, 9.17) is 6.42 Å². The Kier molecular flexibility index (Phi) is 5.23. The van der Waals surface area contributed by atoms with Crippen molar-refractivity contribution in [3.05, 3.63) is 0 Å². The van der Waals surface area contributed by atoms with Crippen LogP contribution in [0, 0.1) is 18.3 Å². The Balaban J connectivity index is 2.08. The van der Waals surface area contributed by atoms with Crippen molar-refractivity contribution in [1.82, 2.24) is 20.7 Å². The molecule has 4 unspecified atom stereocenters. The molecule has 0 spiro atoms. The maximum Gasteiger partial charge on any atom is 0.136 e. The second-order valence-corrected chi connectivity index (χ2v) is 5.99. The van der Waals surface area contributed by atoms with Gasteiger partial charge in [-0.25, -0.2) is 10.4 Å². The Morgan fingerprint density at radius 1 is 1.37 bits per heavy atom. The van der Waals surface area contributed by atoms with E-state index >= 15 is 0 Å². The third kappa shape index (κ3) is 3.29. The van der Waals surface area contributed by atoms with Crippen LogP contribution in [0.1, 0.15) is 46.0 Å². The van der Waals surface area contributed by atoms with E-state index in [1.165, 1.54) is 25.7 Å². The molecular weight excluding hydrogens is 236 g/mol.